The van der Waals surface area contributed by atoms with Crippen molar-refractivity contribution in [1.29, 1.82) is 0 Å². The molecule has 120 valence electrons. The van der Waals surface area contributed by atoms with Crippen molar-refractivity contribution in [3.63, 3.8) is 0 Å². The fourth-order valence-corrected chi connectivity index (χ4v) is 1.98. The minimum absolute atomic E-state index is 0.317. The number of methoxy groups -OCH3 is 2. The quantitative estimate of drug-likeness (QED) is 0.678. The highest BCUT2D eigenvalue weighted by Crippen LogP contribution is 2.30. The van der Waals surface area contributed by atoms with Gasteiger partial charge in [-0.15, -0.1) is 0 Å². The van der Waals surface area contributed by atoms with E-state index in [0.717, 1.165) is 0 Å². The van der Waals surface area contributed by atoms with E-state index in [9.17, 15) is 9.59 Å². The zero-order chi connectivity index (χ0) is 16.8. The van der Waals surface area contributed by atoms with Crippen molar-refractivity contribution in [3.05, 3.63) is 48.0 Å². The van der Waals surface area contributed by atoms with Crippen LogP contribution in [-0.4, -0.2) is 26.1 Å². The second kappa shape index (κ2) is 7.31. The molecule has 0 aromatic heterocycles. The molecular weight excluding hydrogens is 298 g/mol. The van der Waals surface area contributed by atoms with Gasteiger partial charge in [-0.25, -0.2) is 0 Å². The first kappa shape index (κ1) is 16.4. The minimum Gasteiger partial charge on any atom is -0.493 e. The predicted octanol–water partition coefficient (Wildman–Crippen LogP) is 2.88. The van der Waals surface area contributed by atoms with E-state index in [1.165, 1.54) is 27.2 Å². The summed E-state index contributed by atoms with van der Waals surface area (Å²) in [5.74, 6) is 0.632. The maximum absolute atomic E-state index is 12.3. The molecule has 0 aliphatic rings. The third-order valence-electron chi connectivity index (χ3n) is 3.00. The van der Waals surface area contributed by atoms with Gasteiger partial charge in [0.2, 0.25) is 0 Å². The van der Waals surface area contributed by atoms with E-state index >= 15 is 0 Å². The molecule has 2 aromatic carbocycles. The molecule has 0 radical (unpaired) electrons. The maximum Gasteiger partial charge on any atom is 0.308 e. The second-order valence-electron chi connectivity index (χ2n) is 4.65. The van der Waals surface area contributed by atoms with Gasteiger partial charge in [-0.2, -0.15) is 0 Å². The van der Waals surface area contributed by atoms with Gasteiger partial charge in [-0.1, -0.05) is 6.07 Å². The molecule has 1 amide bonds. The lowest BCUT2D eigenvalue weighted by Crippen LogP contribution is -2.12. The number of anilines is 1. The number of carbonyl (C=O) groups excluding carboxylic acids is 2. The minimum atomic E-state index is -0.442. The number of rotatable bonds is 5. The van der Waals surface area contributed by atoms with E-state index in [1.807, 2.05) is 0 Å². The van der Waals surface area contributed by atoms with E-state index in [-0.39, 0.29) is 5.91 Å². The summed E-state index contributed by atoms with van der Waals surface area (Å²) in [6, 6.07) is 11.4. The highest BCUT2D eigenvalue weighted by molar-refractivity contribution is 6.04. The second-order valence-corrected chi connectivity index (χ2v) is 4.65. The predicted molar refractivity (Wildman–Crippen MR) is 85.3 cm³/mol. The summed E-state index contributed by atoms with van der Waals surface area (Å²) >= 11 is 0. The van der Waals surface area contributed by atoms with Crippen LogP contribution in [0.4, 0.5) is 5.69 Å². The highest BCUT2D eigenvalue weighted by atomic mass is 16.5. The Bertz CT molecular complexity index is 727. The molecule has 6 nitrogen and oxygen atoms in total. The van der Waals surface area contributed by atoms with E-state index in [2.05, 4.69) is 5.32 Å². The maximum atomic E-state index is 12.3. The molecule has 0 atom stereocenters. The van der Waals surface area contributed by atoms with Crippen LogP contribution in [0.1, 0.15) is 17.3 Å². The topological polar surface area (TPSA) is 73.9 Å². The molecule has 0 spiro atoms. The summed E-state index contributed by atoms with van der Waals surface area (Å²) in [7, 11) is 3.06. The van der Waals surface area contributed by atoms with Crippen LogP contribution >= 0.6 is 0 Å². The molecule has 0 saturated heterocycles. The van der Waals surface area contributed by atoms with Crippen molar-refractivity contribution >= 4 is 17.6 Å². The van der Waals surface area contributed by atoms with Gasteiger partial charge in [0.05, 0.1) is 14.2 Å². The van der Waals surface area contributed by atoms with Crippen LogP contribution in [0.3, 0.4) is 0 Å². The van der Waals surface area contributed by atoms with Crippen molar-refractivity contribution in [1.82, 2.24) is 0 Å². The first-order valence-electron chi connectivity index (χ1n) is 6.85. The average molecular weight is 315 g/mol. The van der Waals surface area contributed by atoms with Crippen LogP contribution in [0.2, 0.25) is 0 Å². The lowest BCUT2D eigenvalue weighted by atomic mass is 10.2. The van der Waals surface area contributed by atoms with Crippen molar-refractivity contribution in [2.24, 2.45) is 0 Å². The van der Waals surface area contributed by atoms with E-state index in [1.54, 1.807) is 36.4 Å². The lowest BCUT2D eigenvalue weighted by molar-refractivity contribution is -0.131. The fourth-order valence-electron chi connectivity index (χ4n) is 1.98. The normalized spacial score (nSPS) is 9.87. The molecule has 23 heavy (non-hydrogen) atoms. The molecule has 6 heteroatoms. The Kier molecular flexibility index (Phi) is 5.19. The number of nitrogens with one attached hydrogen (secondary N) is 1. The van der Waals surface area contributed by atoms with Crippen LogP contribution in [0.15, 0.2) is 42.5 Å². The summed E-state index contributed by atoms with van der Waals surface area (Å²) in [6.07, 6.45) is 0. The molecule has 2 rings (SSSR count). The molecular formula is C17H17NO5. The van der Waals surface area contributed by atoms with Gasteiger partial charge in [0.25, 0.3) is 5.91 Å². The molecule has 0 unspecified atom stereocenters. The van der Waals surface area contributed by atoms with Gasteiger partial charge in [-0.05, 0) is 30.3 Å². The first-order valence-corrected chi connectivity index (χ1v) is 6.85. The average Bonchev–Trinajstić information content (AvgIpc) is 2.54. The third kappa shape index (κ3) is 4.23. The Morgan fingerprint density at radius 3 is 2.35 bits per heavy atom. The van der Waals surface area contributed by atoms with E-state index < -0.39 is 5.97 Å². The van der Waals surface area contributed by atoms with E-state index in [0.29, 0.717) is 28.5 Å². The molecule has 2 aromatic rings. The van der Waals surface area contributed by atoms with Gasteiger partial charge in [-0.3, -0.25) is 9.59 Å². The number of amides is 1. The van der Waals surface area contributed by atoms with Crippen molar-refractivity contribution < 1.29 is 23.8 Å². The standard InChI is InChI=1S/C17H17NO5/c1-11(19)23-14-6-4-5-12(9-14)17(20)18-13-7-8-15(21-2)16(10-13)22-3/h4-10H,1-3H3,(H,18,20). The number of ether oxygens (including phenoxy) is 3. The fraction of sp³-hybridized carbons (Fsp3) is 0.176. The van der Waals surface area contributed by atoms with Gasteiger partial charge in [0, 0.05) is 24.2 Å². The Balaban J connectivity index is 2.17. The summed E-state index contributed by atoms with van der Waals surface area (Å²) < 4.78 is 15.3. The van der Waals surface area contributed by atoms with Crippen LogP contribution in [0.25, 0.3) is 0 Å². The molecule has 0 aliphatic heterocycles. The zero-order valence-electron chi connectivity index (χ0n) is 13.1. The molecule has 0 bridgehead atoms. The van der Waals surface area contributed by atoms with Crippen LogP contribution in [0, 0.1) is 0 Å². The summed E-state index contributed by atoms with van der Waals surface area (Å²) in [5.41, 5.74) is 0.934. The van der Waals surface area contributed by atoms with Crippen molar-refractivity contribution in [2.75, 3.05) is 19.5 Å². The van der Waals surface area contributed by atoms with Crippen LogP contribution < -0.4 is 19.5 Å². The Morgan fingerprint density at radius 1 is 0.957 bits per heavy atom. The van der Waals surface area contributed by atoms with Crippen LogP contribution in [0.5, 0.6) is 17.2 Å². The van der Waals surface area contributed by atoms with Gasteiger partial charge < -0.3 is 19.5 Å². The molecule has 0 saturated carbocycles. The monoisotopic (exact) mass is 315 g/mol. The molecule has 0 aliphatic carbocycles. The summed E-state index contributed by atoms with van der Waals surface area (Å²) in [5, 5.41) is 2.75. The number of hydrogen-bond donors (Lipinski definition) is 1. The van der Waals surface area contributed by atoms with Gasteiger partial charge in [0.15, 0.2) is 11.5 Å². The summed E-state index contributed by atoms with van der Waals surface area (Å²) in [4.78, 5) is 23.3. The largest absolute Gasteiger partial charge is 0.493 e. The Morgan fingerprint density at radius 2 is 1.70 bits per heavy atom. The van der Waals surface area contributed by atoms with Crippen molar-refractivity contribution in [3.8, 4) is 17.2 Å². The SMILES string of the molecule is COc1ccc(NC(=O)c2cccc(OC(C)=O)c2)cc1OC. The number of carbonyl (C=O) groups is 2. The van der Waals surface area contributed by atoms with Gasteiger partial charge in [0.1, 0.15) is 5.75 Å². The van der Waals surface area contributed by atoms with Gasteiger partial charge >= 0.3 is 5.97 Å². The molecule has 0 fully saturated rings. The Labute approximate surface area is 134 Å². The number of hydrogen-bond acceptors (Lipinski definition) is 5. The molecule has 0 heterocycles. The van der Waals surface area contributed by atoms with E-state index in [4.69, 9.17) is 14.2 Å². The number of esters is 1. The smallest absolute Gasteiger partial charge is 0.308 e. The molecule has 1 N–H and O–H groups in total. The Hall–Kier alpha value is -3.02. The van der Waals surface area contributed by atoms with Crippen molar-refractivity contribution in [2.45, 2.75) is 6.92 Å². The zero-order valence-corrected chi connectivity index (χ0v) is 13.1. The lowest BCUT2D eigenvalue weighted by Gasteiger charge is -2.11. The third-order valence-corrected chi connectivity index (χ3v) is 3.00. The van der Waals surface area contributed by atoms with Crippen LogP contribution in [-0.2, 0) is 4.79 Å². The highest BCUT2D eigenvalue weighted by Gasteiger charge is 2.10. The first-order chi connectivity index (χ1) is 11.0. The summed E-state index contributed by atoms with van der Waals surface area (Å²) in [6.45, 7) is 1.30. The number of benzene rings is 2.